The molecule has 0 radical (unpaired) electrons. The highest BCUT2D eigenvalue weighted by atomic mass is 32.2. The van der Waals surface area contributed by atoms with Crippen LogP contribution in [0, 0.1) is 0 Å². The van der Waals surface area contributed by atoms with E-state index in [-0.39, 0.29) is 17.1 Å². The van der Waals surface area contributed by atoms with Gasteiger partial charge in [-0.25, -0.2) is 13.1 Å². The second kappa shape index (κ2) is 6.10. The number of anilines is 1. The van der Waals surface area contributed by atoms with E-state index in [9.17, 15) is 8.42 Å². The molecule has 9 heteroatoms. The first-order chi connectivity index (χ1) is 9.97. The van der Waals surface area contributed by atoms with Gasteiger partial charge in [0.05, 0.1) is 24.2 Å². The van der Waals surface area contributed by atoms with Crippen molar-refractivity contribution in [2.45, 2.75) is 24.9 Å². The summed E-state index contributed by atoms with van der Waals surface area (Å²) >= 11 is 0. The molecule has 0 unspecified atom stereocenters. The van der Waals surface area contributed by atoms with Crippen molar-refractivity contribution in [3.63, 3.8) is 0 Å². The SMILES string of the molecule is CCn1cnnc1CNS(=O)(=O)c1ccc(OC)c(N)c1. The number of hydrogen-bond acceptors (Lipinski definition) is 6. The maximum Gasteiger partial charge on any atom is 0.241 e. The van der Waals surface area contributed by atoms with Crippen LogP contribution in [0.3, 0.4) is 0 Å². The number of sulfonamides is 1. The first kappa shape index (κ1) is 15.3. The van der Waals surface area contributed by atoms with Gasteiger partial charge in [0, 0.05) is 6.54 Å². The Labute approximate surface area is 123 Å². The van der Waals surface area contributed by atoms with Crippen LogP contribution in [0.2, 0.25) is 0 Å². The molecule has 21 heavy (non-hydrogen) atoms. The zero-order valence-corrected chi connectivity index (χ0v) is 12.6. The number of ether oxygens (including phenoxy) is 1. The highest BCUT2D eigenvalue weighted by Crippen LogP contribution is 2.24. The Morgan fingerprint density at radius 3 is 2.81 bits per heavy atom. The minimum atomic E-state index is -3.68. The van der Waals surface area contributed by atoms with Gasteiger partial charge in [0.15, 0.2) is 0 Å². The van der Waals surface area contributed by atoms with Crippen LogP contribution >= 0.6 is 0 Å². The highest BCUT2D eigenvalue weighted by Gasteiger charge is 2.16. The molecule has 0 aliphatic carbocycles. The van der Waals surface area contributed by atoms with Crippen molar-refractivity contribution in [2.24, 2.45) is 0 Å². The van der Waals surface area contributed by atoms with Crippen LogP contribution in [0.25, 0.3) is 0 Å². The van der Waals surface area contributed by atoms with E-state index in [1.165, 1.54) is 25.3 Å². The summed E-state index contributed by atoms with van der Waals surface area (Å²) < 4.78 is 33.7. The lowest BCUT2D eigenvalue weighted by molar-refractivity contribution is 0.416. The fourth-order valence-corrected chi connectivity index (χ4v) is 2.82. The molecular formula is C12H17N5O3S. The number of aryl methyl sites for hydroxylation is 1. The van der Waals surface area contributed by atoms with Crippen LogP contribution < -0.4 is 15.2 Å². The number of nitrogens with zero attached hydrogens (tertiary/aromatic N) is 3. The number of nitrogen functional groups attached to an aromatic ring is 1. The summed E-state index contributed by atoms with van der Waals surface area (Å²) in [4.78, 5) is 0.0726. The standard InChI is InChI=1S/C12H17N5O3S/c1-3-17-8-14-16-12(17)7-15-21(18,19)9-4-5-11(20-2)10(13)6-9/h4-6,8,15H,3,7,13H2,1-2H3. The second-order valence-electron chi connectivity index (χ2n) is 4.26. The number of rotatable bonds is 6. The van der Waals surface area contributed by atoms with Gasteiger partial charge in [-0.15, -0.1) is 10.2 Å². The third-order valence-electron chi connectivity index (χ3n) is 2.97. The molecule has 114 valence electrons. The average molecular weight is 311 g/mol. The molecule has 1 aromatic carbocycles. The molecule has 0 spiro atoms. The molecule has 0 saturated heterocycles. The Morgan fingerprint density at radius 1 is 1.43 bits per heavy atom. The van der Waals surface area contributed by atoms with Crippen LogP contribution in [-0.2, 0) is 23.1 Å². The van der Waals surface area contributed by atoms with E-state index in [1.54, 1.807) is 10.9 Å². The average Bonchev–Trinajstić information content (AvgIpc) is 2.92. The predicted molar refractivity (Wildman–Crippen MR) is 77.1 cm³/mol. The molecule has 0 amide bonds. The van der Waals surface area contributed by atoms with Crippen molar-refractivity contribution in [1.29, 1.82) is 0 Å². The summed E-state index contributed by atoms with van der Waals surface area (Å²) in [6.45, 7) is 2.65. The third kappa shape index (κ3) is 3.31. The van der Waals surface area contributed by atoms with Gasteiger partial charge in [0.25, 0.3) is 0 Å². The van der Waals surface area contributed by atoms with Gasteiger partial charge >= 0.3 is 0 Å². The largest absolute Gasteiger partial charge is 0.495 e. The van der Waals surface area contributed by atoms with Crippen molar-refractivity contribution in [3.8, 4) is 5.75 Å². The Hall–Kier alpha value is -2.13. The number of methoxy groups -OCH3 is 1. The first-order valence-corrected chi connectivity index (χ1v) is 7.76. The van der Waals surface area contributed by atoms with Crippen molar-refractivity contribution in [1.82, 2.24) is 19.5 Å². The van der Waals surface area contributed by atoms with Gasteiger partial charge in [-0.1, -0.05) is 0 Å². The number of aromatic nitrogens is 3. The van der Waals surface area contributed by atoms with Crippen LogP contribution in [0.15, 0.2) is 29.4 Å². The van der Waals surface area contributed by atoms with Crippen LogP contribution in [-0.4, -0.2) is 30.3 Å². The van der Waals surface area contributed by atoms with Gasteiger partial charge in [-0.2, -0.15) is 0 Å². The molecule has 2 rings (SSSR count). The van der Waals surface area contributed by atoms with E-state index in [0.717, 1.165) is 0 Å². The summed E-state index contributed by atoms with van der Waals surface area (Å²) in [5.74, 6) is 0.974. The lowest BCUT2D eigenvalue weighted by Crippen LogP contribution is -2.25. The zero-order valence-electron chi connectivity index (χ0n) is 11.8. The smallest absolute Gasteiger partial charge is 0.241 e. The van der Waals surface area contributed by atoms with Crippen molar-refractivity contribution < 1.29 is 13.2 Å². The van der Waals surface area contributed by atoms with E-state index in [4.69, 9.17) is 10.5 Å². The Balaban J connectivity index is 2.17. The predicted octanol–water partition coefficient (Wildman–Crippen LogP) is 0.367. The molecule has 0 fully saturated rings. The minimum Gasteiger partial charge on any atom is -0.495 e. The highest BCUT2D eigenvalue weighted by molar-refractivity contribution is 7.89. The molecule has 2 aromatic rings. The minimum absolute atomic E-state index is 0.0576. The lowest BCUT2D eigenvalue weighted by atomic mass is 10.3. The van der Waals surface area contributed by atoms with Crippen molar-refractivity contribution in [2.75, 3.05) is 12.8 Å². The Morgan fingerprint density at radius 2 is 2.19 bits per heavy atom. The zero-order chi connectivity index (χ0) is 15.5. The third-order valence-corrected chi connectivity index (χ3v) is 4.37. The van der Waals surface area contributed by atoms with Gasteiger partial charge in [0.1, 0.15) is 17.9 Å². The molecular weight excluding hydrogens is 294 g/mol. The summed E-state index contributed by atoms with van der Waals surface area (Å²) in [7, 11) is -2.21. The fraction of sp³-hybridized carbons (Fsp3) is 0.333. The maximum absolute atomic E-state index is 12.2. The Bertz CT molecular complexity index is 726. The molecule has 3 N–H and O–H groups in total. The van der Waals surface area contributed by atoms with Crippen LogP contribution in [0.1, 0.15) is 12.7 Å². The molecule has 0 saturated carbocycles. The normalized spacial score (nSPS) is 11.5. The van der Waals surface area contributed by atoms with E-state index in [0.29, 0.717) is 18.1 Å². The van der Waals surface area contributed by atoms with Crippen molar-refractivity contribution >= 4 is 15.7 Å². The molecule has 0 aliphatic rings. The number of hydrogen-bond donors (Lipinski definition) is 2. The van der Waals surface area contributed by atoms with E-state index >= 15 is 0 Å². The summed E-state index contributed by atoms with van der Waals surface area (Å²) in [5.41, 5.74) is 5.98. The van der Waals surface area contributed by atoms with Gasteiger partial charge in [-0.05, 0) is 25.1 Å². The van der Waals surface area contributed by atoms with E-state index < -0.39 is 10.0 Å². The van der Waals surface area contributed by atoms with Crippen molar-refractivity contribution in [3.05, 3.63) is 30.4 Å². The van der Waals surface area contributed by atoms with Gasteiger partial charge in [0.2, 0.25) is 10.0 Å². The molecule has 0 atom stereocenters. The topological polar surface area (TPSA) is 112 Å². The monoisotopic (exact) mass is 311 g/mol. The van der Waals surface area contributed by atoms with Crippen LogP contribution in [0.5, 0.6) is 5.75 Å². The number of benzene rings is 1. The molecule has 0 aliphatic heterocycles. The van der Waals surface area contributed by atoms with E-state index in [2.05, 4.69) is 14.9 Å². The number of nitrogens with two attached hydrogens (primary N) is 1. The molecule has 1 heterocycles. The second-order valence-corrected chi connectivity index (χ2v) is 6.03. The summed E-state index contributed by atoms with van der Waals surface area (Å²) in [6.07, 6.45) is 1.55. The first-order valence-electron chi connectivity index (χ1n) is 6.27. The van der Waals surface area contributed by atoms with Crippen LogP contribution in [0.4, 0.5) is 5.69 Å². The van der Waals surface area contributed by atoms with Gasteiger partial charge < -0.3 is 15.0 Å². The molecule has 0 bridgehead atoms. The lowest BCUT2D eigenvalue weighted by Gasteiger charge is -2.09. The van der Waals surface area contributed by atoms with Gasteiger partial charge in [-0.3, -0.25) is 0 Å². The quantitative estimate of drug-likeness (QED) is 0.745. The summed E-state index contributed by atoms with van der Waals surface area (Å²) in [6, 6.07) is 4.30. The number of nitrogens with one attached hydrogen (secondary N) is 1. The molecule has 8 nitrogen and oxygen atoms in total. The van der Waals surface area contributed by atoms with E-state index in [1.807, 2.05) is 6.92 Å². The maximum atomic E-state index is 12.2. The Kier molecular flexibility index (Phi) is 4.43. The summed E-state index contributed by atoms with van der Waals surface area (Å²) in [5, 5.41) is 7.61. The molecule has 1 aromatic heterocycles. The fourth-order valence-electron chi connectivity index (χ4n) is 1.80.